The molecule has 1 aromatic heterocycles. The fourth-order valence-corrected chi connectivity index (χ4v) is 2.94. The summed E-state index contributed by atoms with van der Waals surface area (Å²) in [6.07, 6.45) is 1.91. The average molecular weight is 222 g/mol. The molecule has 2 nitrogen and oxygen atoms in total. The number of hydrogen-bond acceptors (Lipinski definition) is 2. The van der Waals surface area contributed by atoms with E-state index in [0.29, 0.717) is 0 Å². The van der Waals surface area contributed by atoms with Crippen LogP contribution < -0.4 is 0 Å². The highest BCUT2D eigenvalue weighted by Gasteiger charge is 2.16. The van der Waals surface area contributed by atoms with E-state index in [1.54, 1.807) is 0 Å². The number of nitrogens with zero attached hydrogens (tertiary/aromatic N) is 2. The summed E-state index contributed by atoms with van der Waals surface area (Å²) in [5.41, 5.74) is 2.68. The molecule has 0 N–H and O–H groups in total. The van der Waals surface area contributed by atoms with Crippen LogP contribution in [0.2, 0.25) is 19.6 Å². The Balaban J connectivity index is 2.86. The molecule has 0 unspecified atom stereocenters. The summed E-state index contributed by atoms with van der Waals surface area (Å²) in [4.78, 5) is 6.72. The maximum absolute atomic E-state index is 4.53. The first-order valence-corrected chi connectivity index (χ1v) is 9.17. The van der Waals surface area contributed by atoms with E-state index in [1.807, 2.05) is 12.3 Å². The molecule has 0 aromatic carbocycles. The van der Waals surface area contributed by atoms with Gasteiger partial charge in [-0.05, 0) is 31.8 Å². The SMILES string of the molecule is CN(C)Cc1cccnc1C[Si](C)(C)C. The summed E-state index contributed by atoms with van der Waals surface area (Å²) in [7, 11) is 3.14. The molecule has 3 heteroatoms. The van der Waals surface area contributed by atoms with E-state index in [-0.39, 0.29) is 0 Å². The van der Waals surface area contributed by atoms with Crippen molar-refractivity contribution in [2.24, 2.45) is 0 Å². The van der Waals surface area contributed by atoms with Crippen molar-refractivity contribution in [2.75, 3.05) is 14.1 Å². The van der Waals surface area contributed by atoms with E-state index in [1.165, 1.54) is 17.3 Å². The number of aromatic nitrogens is 1. The van der Waals surface area contributed by atoms with Crippen molar-refractivity contribution in [1.29, 1.82) is 0 Å². The first kappa shape index (κ1) is 12.4. The number of rotatable bonds is 4. The summed E-state index contributed by atoms with van der Waals surface area (Å²) >= 11 is 0. The number of hydrogen-bond donors (Lipinski definition) is 0. The molecule has 1 aromatic rings. The van der Waals surface area contributed by atoms with E-state index in [0.717, 1.165) is 6.54 Å². The second-order valence-corrected chi connectivity index (χ2v) is 11.1. The minimum Gasteiger partial charge on any atom is -0.305 e. The standard InChI is InChI=1S/C12H22N2Si/c1-14(2)9-11-7-6-8-13-12(11)10-15(3,4)5/h6-8H,9-10H2,1-5H3. The minimum absolute atomic E-state index is 0.994. The Kier molecular flexibility index (Phi) is 4.05. The van der Waals surface area contributed by atoms with Crippen LogP contribution in [-0.4, -0.2) is 32.1 Å². The molecular weight excluding hydrogens is 200 g/mol. The molecule has 0 saturated heterocycles. The van der Waals surface area contributed by atoms with E-state index >= 15 is 0 Å². The monoisotopic (exact) mass is 222 g/mol. The summed E-state index contributed by atoms with van der Waals surface area (Å²) in [6.45, 7) is 8.16. The summed E-state index contributed by atoms with van der Waals surface area (Å²) in [6, 6.07) is 5.41. The summed E-state index contributed by atoms with van der Waals surface area (Å²) in [5, 5.41) is 0. The number of pyridine rings is 1. The smallest absolute Gasteiger partial charge is 0.0506 e. The lowest BCUT2D eigenvalue weighted by Crippen LogP contribution is -2.26. The highest BCUT2D eigenvalue weighted by Crippen LogP contribution is 2.14. The van der Waals surface area contributed by atoms with E-state index < -0.39 is 8.07 Å². The molecule has 1 rings (SSSR count). The van der Waals surface area contributed by atoms with E-state index in [9.17, 15) is 0 Å². The molecule has 0 aliphatic heterocycles. The predicted octanol–water partition coefficient (Wildman–Crippen LogP) is 2.56. The van der Waals surface area contributed by atoms with Gasteiger partial charge in [0.15, 0.2) is 0 Å². The van der Waals surface area contributed by atoms with Crippen molar-refractivity contribution < 1.29 is 0 Å². The second kappa shape index (κ2) is 4.90. The lowest BCUT2D eigenvalue weighted by molar-refractivity contribution is 0.400. The zero-order chi connectivity index (χ0) is 11.5. The third kappa shape index (κ3) is 4.58. The van der Waals surface area contributed by atoms with Gasteiger partial charge in [0.2, 0.25) is 0 Å². The van der Waals surface area contributed by atoms with E-state index in [4.69, 9.17) is 0 Å². The highest BCUT2D eigenvalue weighted by atomic mass is 28.3. The molecule has 0 aliphatic carbocycles. The van der Waals surface area contributed by atoms with Crippen molar-refractivity contribution in [1.82, 2.24) is 9.88 Å². The Morgan fingerprint density at radius 2 is 1.93 bits per heavy atom. The fraction of sp³-hybridized carbons (Fsp3) is 0.583. The third-order valence-electron chi connectivity index (χ3n) is 2.17. The molecule has 0 saturated carbocycles. The van der Waals surface area contributed by atoms with Crippen LogP contribution in [0.1, 0.15) is 11.3 Å². The quantitative estimate of drug-likeness (QED) is 0.728. The minimum atomic E-state index is -1.06. The lowest BCUT2D eigenvalue weighted by atomic mass is 10.2. The molecule has 0 fully saturated rings. The zero-order valence-electron chi connectivity index (χ0n) is 10.5. The van der Waals surface area contributed by atoms with Crippen molar-refractivity contribution in [3.63, 3.8) is 0 Å². The topological polar surface area (TPSA) is 16.1 Å². The molecule has 1 heterocycles. The maximum Gasteiger partial charge on any atom is 0.0506 e. The molecule has 0 atom stereocenters. The van der Waals surface area contributed by atoms with Crippen LogP contribution in [0.25, 0.3) is 0 Å². The molecule has 0 amide bonds. The van der Waals surface area contributed by atoms with Crippen LogP contribution in [-0.2, 0) is 12.6 Å². The zero-order valence-corrected chi connectivity index (χ0v) is 11.5. The van der Waals surface area contributed by atoms with Gasteiger partial charge < -0.3 is 4.90 Å². The van der Waals surface area contributed by atoms with Gasteiger partial charge in [-0.3, -0.25) is 4.98 Å². The van der Waals surface area contributed by atoms with Gasteiger partial charge in [-0.15, -0.1) is 0 Å². The second-order valence-electron chi connectivity index (χ2n) is 5.58. The van der Waals surface area contributed by atoms with Gasteiger partial charge in [0.25, 0.3) is 0 Å². The predicted molar refractivity (Wildman–Crippen MR) is 68.7 cm³/mol. The van der Waals surface area contributed by atoms with Crippen molar-refractivity contribution in [3.8, 4) is 0 Å². The Hall–Kier alpha value is -0.673. The highest BCUT2D eigenvalue weighted by molar-refractivity contribution is 6.75. The van der Waals surface area contributed by atoms with Crippen molar-refractivity contribution >= 4 is 8.07 Å². The van der Waals surface area contributed by atoms with Crippen LogP contribution in [0.4, 0.5) is 0 Å². The Morgan fingerprint density at radius 3 is 2.47 bits per heavy atom. The van der Waals surface area contributed by atoms with Gasteiger partial charge in [-0.2, -0.15) is 0 Å². The Bertz CT molecular complexity index is 316. The molecule has 0 radical (unpaired) electrons. The summed E-state index contributed by atoms with van der Waals surface area (Å²) < 4.78 is 0. The van der Waals surface area contributed by atoms with Gasteiger partial charge in [-0.25, -0.2) is 0 Å². The largest absolute Gasteiger partial charge is 0.305 e. The first-order chi connectivity index (χ1) is 6.88. The van der Waals surface area contributed by atoms with Crippen LogP contribution in [0, 0.1) is 0 Å². The molecule has 15 heavy (non-hydrogen) atoms. The van der Waals surface area contributed by atoms with E-state index in [2.05, 4.69) is 49.7 Å². The third-order valence-corrected chi connectivity index (χ3v) is 3.56. The van der Waals surface area contributed by atoms with Crippen molar-refractivity contribution in [2.45, 2.75) is 32.2 Å². The molecule has 84 valence electrons. The lowest BCUT2D eigenvalue weighted by Gasteiger charge is -2.19. The van der Waals surface area contributed by atoms with Gasteiger partial charge in [-0.1, -0.05) is 25.7 Å². The molecule has 0 spiro atoms. The normalized spacial score (nSPS) is 12.1. The van der Waals surface area contributed by atoms with Gasteiger partial charge in [0, 0.05) is 18.4 Å². The van der Waals surface area contributed by atoms with Crippen LogP contribution >= 0.6 is 0 Å². The van der Waals surface area contributed by atoms with Crippen molar-refractivity contribution in [3.05, 3.63) is 29.6 Å². The Labute approximate surface area is 94.3 Å². The van der Waals surface area contributed by atoms with Crippen LogP contribution in [0.15, 0.2) is 18.3 Å². The van der Waals surface area contributed by atoms with Gasteiger partial charge >= 0.3 is 0 Å². The maximum atomic E-state index is 4.53. The fourth-order valence-electron chi connectivity index (χ4n) is 1.62. The van der Waals surface area contributed by atoms with Gasteiger partial charge in [0.1, 0.15) is 0 Å². The molecule has 0 aliphatic rings. The Morgan fingerprint density at radius 1 is 1.27 bits per heavy atom. The molecular formula is C12H22N2Si. The first-order valence-electron chi connectivity index (χ1n) is 5.46. The molecule has 0 bridgehead atoms. The van der Waals surface area contributed by atoms with Crippen LogP contribution in [0.5, 0.6) is 0 Å². The summed E-state index contributed by atoms with van der Waals surface area (Å²) in [5.74, 6) is 0. The van der Waals surface area contributed by atoms with Gasteiger partial charge in [0.05, 0.1) is 8.07 Å². The van der Waals surface area contributed by atoms with Crippen LogP contribution in [0.3, 0.4) is 0 Å². The average Bonchev–Trinajstić information content (AvgIpc) is 2.05.